The van der Waals surface area contributed by atoms with E-state index >= 15 is 0 Å². The van der Waals surface area contributed by atoms with Crippen molar-refractivity contribution in [3.63, 3.8) is 0 Å². The van der Waals surface area contributed by atoms with Crippen LogP contribution in [-0.4, -0.2) is 53.5 Å². The van der Waals surface area contributed by atoms with E-state index in [4.69, 9.17) is 14.6 Å². The van der Waals surface area contributed by atoms with Crippen LogP contribution in [0.15, 0.2) is 48.0 Å². The average Bonchev–Trinajstić information content (AvgIpc) is 3.08. The minimum atomic E-state index is -0.977. The van der Waals surface area contributed by atoms with Gasteiger partial charge < -0.3 is 24.6 Å². The molecule has 1 heterocycles. The van der Waals surface area contributed by atoms with Gasteiger partial charge in [0.15, 0.2) is 0 Å². The maximum Gasteiger partial charge on any atom is 0.303 e. The summed E-state index contributed by atoms with van der Waals surface area (Å²) in [4.78, 5) is 38.2. The van der Waals surface area contributed by atoms with Crippen LogP contribution in [0.2, 0.25) is 0 Å². The van der Waals surface area contributed by atoms with E-state index in [2.05, 4.69) is 0 Å². The molecule has 1 atom stereocenters. The quantitative estimate of drug-likeness (QED) is 0.234. The number of halogens is 1. The van der Waals surface area contributed by atoms with Gasteiger partial charge in [0.05, 0.1) is 25.8 Å². The van der Waals surface area contributed by atoms with Gasteiger partial charge in [-0.05, 0) is 55.3 Å². The predicted molar refractivity (Wildman–Crippen MR) is 121 cm³/mol. The number of rotatable bonds is 10. The number of aliphatic hydroxyl groups is 1. The summed E-state index contributed by atoms with van der Waals surface area (Å²) in [6.45, 7) is 0.162. The first kappa shape index (κ1) is 24.8. The molecule has 0 aliphatic carbocycles. The number of amides is 1. The molecule has 2 N–H and O–H groups in total. The molecule has 1 unspecified atom stereocenters. The number of Topliss-reactive ketones (excluding diaryl/α,β-unsaturated/α-hetero) is 1. The summed E-state index contributed by atoms with van der Waals surface area (Å²) in [5, 5.41) is 19.9. The Balaban J connectivity index is 2.08. The van der Waals surface area contributed by atoms with Crippen LogP contribution in [-0.2, 0) is 14.4 Å². The number of ketones is 1. The Morgan fingerprint density at radius 1 is 1.00 bits per heavy atom. The van der Waals surface area contributed by atoms with Crippen molar-refractivity contribution in [1.29, 1.82) is 0 Å². The molecule has 0 radical (unpaired) electrons. The van der Waals surface area contributed by atoms with Gasteiger partial charge in [-0.25, -0.2) is 4.39 Å². The molecule has 1 amide bonds. The van der Waals surface area contributed by atoms with Gasteiger partial charge in [0, 0.05) is 24.1 Å². The van der Waals surface area contributed by atoms with Gasteiger partial charge in [-0.3, -0.25) is 14.4 Å². The maximum atomic E-state index is 13.4. The van der Waals surface area contributed by atoms with Gasteiger partial charge in [0.25, 0.3) is 11.7 Å². The van der Waals surface area contributed by atoms with Crippen molar-refractivity contribution in [2.45, 2.75) is 31.7 Å². The zero-order chi connectivity index (χ0) is 24.8. The van der Waals surface area contributed by atoms with Gasteiger partial charge in [-0.1, -0.05) is 6.42 Å². The molecular weight excluding hydrogens is 445 g/mol. The number of carbonyl (C=O) groups is 3. The SMILES string of the molecule is COc1ccc(OC)c(C2/C(=C(/O)c3ccc(F)cc3)C(=O)C(=O)N2CCCCCC(=O)O)c1. The van der Waals surface area contributed by atoms with Gasteiger partial charge in [-0.15, -0.1) is 0 Å². The van der Waals surface area contributed by atoms with Crippen LogP contribution in [0.1, 0.15) is 42.9 Å². The molecule has 0 bridgehead atoms. The van der Waals surface area contributed by atoms with Crippen LogP contribution in [0.25, 0.3) is 5.76 Å². The smallest absolute Gasteiger partial charge is 0.303 e. The molecule has 0 spiro atoms. The van der Waals surface area contributed by atoms with E-state index < -0.39 is 35.3 Å². The molecule has 1 aliphatic rings. The molecule has 0 aromatic heterocycles. The molecule has 3 rings (SSSR count). The summed E-state index contributed by atoms with van der Waals surface area (Å²) in [6.07, 6.45) is 1.44. The van der Waals surface area contributed by atoms with Crippen molar-refractivity contribution in [1.82, 2.24) is 4.90 Å². The topological polar surface area (TPSA) is 113 Å². The molecular formula is C25H26FNO7. The minimum Gasteiger partial charge on any atom is -0.507 e. The molecule has 8 nitrogen and oxygen atoms in total. The summed E-state index contributed by atoms with van der Waals surface area (Å²) in [5.41, 5.74) is 0.483. The Bertz CT molecular complexity index is 1110. The summed E-state index contributed by atoms with van der Waals surface area (Å²) in [7, 11) is 2.92. The Morgan fingerprint density at radius 3 is 2.32 bits per heavy atom. The van der Waals surface area contributed by atoms with E-state index in [-0.39, 0.29) is 24.1 Å². The second-order valence-corrected chi connectivity index (χ2v) is 7.81. The number of aliphatic hydroxyl groups excluding tert-OH is 1. The third-order valence-electron chi connectivity index (χ3n) is 5.68. The highest BCUT2D eigenvalue weighted by atomic mass is 19.1. The Kier molecular flexibility index (Phi) is 7.88. The Labute approximate surface area is 196 Å². The number of ether oxygens (including phenoxy) is 2. The number of unbranched alkanes of at least 4 members (excludes halogenated alkanes) is 2. The molecule has 1 fully saturated rings. The van der Waals surface area contributed by atoms with Gasteiger partial charge in [0.2, 0.25) is 0 Å². The molecule has 9 heteroatoms. The lowest BCUT2D eigenvalue weighted by Crippen LogP contribution is -2.31. The van der Waals surface area contributed by atoms with E-state index in [9.17, 15) is 23.9 Å². The Morgan fingerprint density at radius 2 is 1.71 bits per heavy atom. The minimum absolute atomic E-state index is 0.0104. The number of aliphatic carboxylic acids is 1. The van der Waals surface area contributed by atoms with Crippen molar-refractivity contribution >= 4 is 23.4 Å². The predicted octanol–water partition coefficient (Wildman–Crippen LogP) is 3.91. The van der Waals surface area contributed by atoms with Crippen molar-refractivity contribution in [2.75, 3.05) is 20.8 Å². The van der Waals surface area contributed by atoms with Gasteiger partial charge in [0.1, 0.15) is 23.1 Å². The third-order valence-corrected chi connectivity index (χ3v) is 5.68. The first-order valence-corrected chi connectivity index (χ1v) is 10.8. The monoisotopic (exact) mass is 471 g/mol. The summed E-state index contributed by atoms with van der Waals surface area (Å²) < 4.78 is 24.2. The number of hydrogen-bond acceptors (Lipinski definition) is 6. The van der Waals surface area contributed by atoms with Crippen molar-refractivity contribution < 1.29 is 38.5 Å². The Hall–Kier alpha value is -3.88. The second kappa shape index (κ2) is 10.8. The van der Waals surface area contributed by atoms with E-state index in [0.29, 0.717) is 36.3 Å². The molecule has 34 heavy (non-hydrogen) atoms. The largest absolute Gasteiger partial charge is 0.507 e. The van der Waals surface area contributed by atoms with Crippen LogP contribution in [0.5, 0.6) is 11.5 Å². The third kappa shape index (κ3) is 5.19. The van der Waals surface area contributed by atoms with Crippen molar-refractivity contribution in [2.24, 2.45) is 0 Å². The van der Waals surface area contributed by atoms with Crippen molar-refractivity contribution in [3.05, 3.63) is 65.0 Å². The molecule has 1 aliphatic heterocycles. The lowest BCUT2D eigenvalue weighted by Gasteiger charge is -2.27. The van der Waals surface area contributed by atoms with E-state index in [1.54, 1.807) is 18.2 Å². The van der Waals surface area contributed by atoms with E-state index in [1.165, 1.54) is 31.3 Å². The summed E-state index contributed by atoms with van der Waals surface area (Å²) in [5.74, 6) is -2.66. The van der Waals surface area contributed by atoms with Crippen LogP contribution in [0, 0.1) is 5.82 Å². The number of likely N-dealkylation sites (tertiary alicyclic amines) is 1. The standard InChI is InChI=1S/C25H26FNO7/c1-33-17-11-12-19(34-2)18(14-17)22-21(23(30)15-7-9-16(26)10-8-15)24(31)25(32)27(22)13-5-3-4-6-20(28)29/h7-12,14,22,30H,3-6,13H2,1-2H3,(H,28,29)/b23-21-. The van der Waals surface area contributed by atoms with Crippen LogP contribution in [0.3, 0.4) is 0 Å². The van der Waals surface area contributed by atoms with E-state index in [0.717, 1.165) is 12.1 Å². The molecule has 0 saturated carbocycles. The average molecular weight is 471 g/mol. The summed E-state index contributed by atoms with van der Waals surface area (Å²) in [6, 6.07) is 8.90. The summed E-state index contributed by atoms with van der Waals surface area (Å²) >= 11 is 0. The first-order valence-electron chi connectivity index (χ1n) is 10.8. The number of methoxy groups -OCH3 is 2. The van der Waals surface area contributed by atoms with Gasteiger partial charge in [-0.2, -0.15) is 0 Å². The van der Waals surface area contributed by atoms with Crippen molar-refractivity contribution in [3.8, 4) is 11.5 Å². The molecule has 180 valence electrons. The zero-order valence-electron chi connectivity index (χ0n) is 18.9. The fourth-order valence-electron chi connectivity index (χ4n) is 3.99. The highest BCUT2D eigenvalue weighted by Gasteiger charge is 2.47. The molecule has 2 aromatic rings. The number of benzene rings is 2. The lowest BCUT2D eigenvalue weighted by atomic mass is 9.94. The fourth-order valence-corrected chi connectivity index (χ4v) is 3.99. The first-order chi connectivity index (χ1) is 16.3. The highest BCUT2D eigenvalue weighted by Crippen LogP contribution is 2.44. The highest BCUT2D eigenvalue weighted by molar-refractivity contribution is 6.46. The zero-order valence-corrected chi connectivity index (χ0v) is 18.9. The van der Waals surface area contributed by atoms with Gasteiger partial charge >= 0.3 is 5.97 Å². The molecule has 1 saturated heterocycles. The number of nitrogens with zero attached hydrogens (tertiary/aromatic N) is 1. The van der Waals surface area contributed by atoms with Crippen LogP contribution >= 0.6 is 0 Å². The van der Waals surface area contributed by atoms with E-state index in [1.807, 2.05) is 0 Å². The molecule has 2 aromatic carbocycles. The normalized spacial score (nSPS) is 17.1. The number of hydrogen-bond donors (Lipinski definition) is 2. The fraction of sp³-hybridized carbons (Fsp3) is 0.320. The van der Waals surface area contributed by atoms with Crippen LogP contribution < -0.4 is 9.47 Å². The maximum absolute atomic E-state index is 13.4. The second-order valence-electron chi connectivity index (χ2n) is 7.81. The van der Waals surface area contributed by atoms with Crippen LogP contribution in [0.4, 0.5) is 4.39 Å². The lowest BCUT2D eigenvalue weighted by molar-refractivity contribution is -0.140. The number of carboxylic acids is 1. The number of carbonyl (C=O) groups excluding carboxylic acids is 2. The number of carboxylic acid groups (broad SMARTS) is 1.